The zero-order valence-electron chi connectivity index (χ0n) is 12.9. The van der Waals surface area contributed by atoms with Crippen LogP contribution in [0.2, 0.25) is 0 Å². The molecule has 1 aliphatic rings. The fourth-order valence-corrected chi connectivity index (χ4v) is 2.68. The summed E-state index contributed by atoms with van der Waals surface area (Å²) >= 11 is 0. The SMILES string of the molecule is CC(C)Oc1ccc(C2(O)CCOC(C(C)C)C2)cc1. The molecule has 0 aliphatic carbocycles. The van der Waals surface area contributed by atoms with E-state index in [9.17, 15) is 5.11 Å². The molecule has 1 aliphatic heterocycles. The van der Waals surface area contributed by atoms with Crippen LogP contribution in [-0.2, 0) is 10.3 Å². The second-order valence-corrected chi connectivity index (χ2v) is 6.33. The van der Waals surface area contributed by atoms with Crippen molar-refractivity contribution in [3.63, 3.8) is 0 Å². The van der Waals surface area contributed by atoms with Gasteiger partial charge < -0.3 is 14.6 Å². The number of aliphatic hydroxyl groups is 1. The first-order chi connectivity index (χ1) is 9.40. The van der Waals surface area contributed by atoms with Crippen LogP contribution in [0.25, 0.3) is 0 Å². The Morgan fingerprint density at radius 2 is 1.85 bits per heavy atom. The maximum Gasteiger partial charge on any atom is 0.119 e. The molecule has 3 nitrogen and oxygen atoms in total. The lowest BCUT2D eigenvalue weighted by Gasteiger charge is -2.39. The number of rotatable bonds is 4. The van der Waals surface area contributed by atoms with Gasteiger partial charge in [0.05, 0.1) is 24.4 Å². The van der Waals surface area contributed by atoms with Crippen molar-refractivity contribution in [3.8, 4) is 5.75 Å². The van der Waals surface area contributed by atoms with Gasteiger partial charge in [0, 0.05) is 12.8 Å². The molecule has 0 radical (unpaired) electrons. The molecule has 0 bridgehead atoms. The normalized spacial score (nSPS) is 27.1. The topological polar surface area (TPSA) is 38.7 Å². The summed E-state index contributed by atoms with van der Waals surface area (Å²) in [6.07, 6.45) is 1.60. The van der Waals surface area contributed by atoms with Crippen LogP contribution < -0.4 is 4.74 Å². The fraction of sp³-hybridized carbons (Fsp3) is 0.647. The molecule has 2 atom stereocenters. The minimum absolute atomic E-state index is 0.125. The van der Waals surface area contributed by atoms with Crippen LogP contribution >= 0.6 is 0 Å². The summed E-state index contributed by atoms with van der Waals surface area (Å²) in [6.45, 7) is 8.90. The van der Waals surface area contributed by atoms with Crippen LogP contribution in [0.3, 0.4) is 0 Å². The van der Waals surface area contributed by atoms with E-state index in [0.29, 0.717) is 25.4 Å². The van der Waals surface area contributed by atoms with Crippen molar-refractivity contribution in [3.05, 3.63) is 29.8 Å². The van der Waals surface area contributed by atoms with Gasteiger partial charge in [0.15, 0.2) is 0 Å². The first-order valence-corrected chi connectivity index (χ1v) is 7.52. The highest BCUT2D eigenvalue weighted by atomic mass is 16.5. The average molecular weight is 278 g/mol. The molecule has 112 valence electrons. The molecule has 1 heterocycles. The van der Waals surface area contributed by atoms with E-state index in [1.165, 1.54) is 0 Å². The van der Waals surface area contributed by atoms with Gasteiger partial charge in [-0.25, -0.2) is 0 Å². The summed E-state index contributed by atoms with van der Waals surface area (Å²) in [5.74, 6) is 1.27. The van der Waals surface area contributed by atoms with Gasteiger partial charge in [0.2, 0.25) is 0 Å². The summed E-state index contributed by atoms with van der Waals surface area (Å²) < 4.78 is 11.4. The molecule has 1 aromatic carbocycles. The lowest BCUT2D eigenvalue weighted by Crippen LogP contribution is -2.40. The second kappa shape index (κ2) is 6.15. The molecule has 1 saturated heterocycles. The van der Waals surface area contributed by atoms with Gasteiger partial charge in [-0.3, -0.25) is 0 Å². The number of hydrogen-bond acceptors (Lipinski definition) is 3. The largest absolute Gasteiger partial charge is 0.491 e. The molecule has 0 spiro atoms. The highest BCUT2D eigenvalue weighted by molar-refractivity contribution is 5.31. The Bertz CT molecular complexity index is 424. The lowest BCUT2D eigenvalue weighted by atomic mass is 9.81. The Hall–Kier alpha value is -1.06. The Labute approximate surface area is 121 Å². The zero-order valence-corrected chi connectivity index (χ0v) is 12.9. The first kappa shape index (κ1) is 15.3. The van der Waals surface area contributed by atoms with Crippen molar-refractivity contribution in [1.29, 1.82) is 0 Å². The fourth-order valence-electron chi connectivity index (χ4n) is 2.68. The van der Waals surface area contributed by atoms with E-state index in [1.54, 1.807) is 0 Å². The minimum atomic E-state index is -0.774. The molecule has 3 heteroatoms. The molecule has 2 unspecified atom stereocenters. The van der Waals surface area contributed by atoms with Gasteiger partial charge >= 0.3 is 0 Å². The Kier molecular flexibility index (Phi) is 4.71. The van der Waals surface area contributed by atoms with E-state index in [-0.39, 0.29) is 12.2 Å². The number of ether oxygens (including phenoxy) is 2. The molecule has 0 amide bonds. The van der Waals surface area contributed by atoms with Crippen molar-refractivity contribution < 1.29 is 14.6 Å². The Morgan fingerprint density at radius 1 is 1.20 bits per heavy atom. The standard InChI is InChI=1S/C17H26O3/c1-12(2)16-11-17(18,9-10-19-16)14-5-7-15(8-6-14)20-13(3)4/h5-8,12-13,16,18H,9-11H2,1-4H3. The average Bonchev–Trinajstić information content (AvgIpc) is 2.38. The number of benzene rings is 1. The molecule has 1 aromatic rings. The van der Waals surface area contributed by atoms with Gasteiger partial charge in [0.25, 0.3) is 0 Å². The van der Waals surface area contributed by atoms with Crippen LogP contribution in [0.15, 0.2) is 24.3 Å². The predicted octanol–water partition coefficient (Wildman–Crippen LogP) is 3.50. The molecule has 2 rings (SSSR count). The highest BCUT2D eigenvalue weighted by Gasteiger charge is 2.37. The van der Waals surface area contributed by atoms with Crippen LogP contribution in [0.4, 0.5) is 0 Å². The summed E-state index contributed by atoms with van der Waals surface area (Å²) in [7, 11) is 0. The maximum absolute atomic E-state index is 10.9. The van der Waals surface area contributed by atoms with Crippen LogP contribution in [0.1, 0.15) is 46.1 Å². The summed E-state index contributed by atoms with van der Waals surface area (Å²) in [5.41, 5.74) is 0.186. The monoisotopic (exact) mass is 278 g/mol. The van der Waals surface area contributed by atoms with E-state index >= 15 is 0 Å². The third-order valence-electron chi connectivity index (χ3n) is 3.89. The van der Waals surface area contributed by atoms with E-state index in [0.717, 1.165) is 11.3 Å². The highest BCUT2D eigenvalue weighted by Crippen LogP contribution is 2.37. The van der Waals surface area contributed by atoms with E-state index in [1.807, 2.05) is 38.1 Å². The van der Waals surface area contributed by atoms with Crippen LogP contribution in [0, 0.1) is 5.92 Å². The van der Waals surface area contributed by atoms with E-state index in [2.05, 4.69) is 13.8 Å². The van der Waals surface area contributed by atoms with Gasteiger partial charge in [-0.2, -0.15) is 0 Å². The predicted molar refractivity (Wildman–Crippen MR) is 79.9 cm³/mol. The molecule has 1 fully saturated rings. The molecule has 0 aromatic heterocycles. The third kappa shape index (κ3) is 3.53. The van der Waals surface area contributed by atoms with Crippen molar-refractivity contribution in [1.82, 2.24) is 0 Å². The first-order valence-electron chi connectivity index (χ1n) is 7.52. The number of hydrogen-bond donors (Lipinski definition) is 1. The lowest BCUT2D eigenvalue weighted by molar-refractivity contribution is -0.121. The van der Waals surface area contributed by atoms with Gasteiger partial charge in [-0.1, -0.05) is 26.0 Å². The molecular weight excluding hydrogens is 252 g/mol. The zero-order chi connectivity index (χ0) is 14.8. The van der Waals surface area contributed by atoms with Crippen LogP contribution in [0.5, 0.6) is 5.75 Å². The van der Waals surface area contributed by atoms with Crippen molar-refractivity contribution in [2.45, 2.75) is 58.3 Å². The van der Waals surface area contributed by atoms with Gasteiger partial charge in [-0.15, -0.1) is 0 Å². The molecule has 20 heavy (non-hydrogen) atoms. The van der Waals surface area contributed by atoms with Gasteiger partial charge in [-0.05, 0) is 37.5 Å². The molecule has 1 N–H and O–H groups in total. The Balaban J connectivity index is 2.13. The van der Waals surface area contributed by atoms with Crippen molar-refractivity contribution in [2.24, 2.45) is 5.92 Å². The van der Waals surface area contributed by atoms with Gasteiger partial charge in [0.1, 0.15) is 5.75 Å². The van der Waals surface area contributed by atoms with E-state index < -0.39 is 5.60 Å². The maximum atomic E-state index is 10.9. The van der Waals surface area contributed by atoms with Crippen molar-refractivity contribution in [2.75, 3.05) is 6.61 Å². The summed E-state index contributed by atoms with van der Waals surface area (Å²) in [4.78, 5) is 0. The third-order valence-corrected chi connectivity index (χ3v) is 3.89. The molecule has 0 saturated carbocycles. The molecular formula is C17H26O3. The summed E-state index contributed by atoms with van der Waals surface area (Å²) in [6, 6.07) is 7.82. The van der Waals surface area contributed by atoms with E-state index in [4.69, 9.17) is 9.47 Å². The van der Waals surface area contributed by atoms with Crippen molar-refractivity contribution >= 4 is 0 Å². The minimum Gasteiger partial charge on any atom is -0.491 e. The van der Waals surface area contributed by atoms with Crippen LogP contribution in [-0.4, -0.2) is 23.9 Å². The second-order valence-electron chi connectivity index (χ2n) is 6.33. The summed E-state index contributed by atoms with van der Waals surface area (Å²) in [5, 5.41) is 10.9. The smallest absolute Gasteiger partial charge is 0.119 e. The quantitative estimate of drug-likeness (QED) is 0.916. The Morgan fingerprint density at radius 3 is 2.40 bits per heavy atom.